The molecule has 1 fully saturated rings. The normalized spacial score (nSPS) is 18.4. The van der Waals surface area contributed by atoms with E-state index in [9.17, 15) is 10.1 Å². The number of nitrogens with zero attached hydrogens (tertiary/aromatic N) is 3. The maximum atomic E-state index is 13.1. The van der Waals surface area contributed by atoms with Gasteiger partial charge in [0.05, 0.1) is 50.5 Å². The molecule has 0 radical (unpaired) electrons. The molecule has 2 heterocycles. The largest absolute Gasteiger partial charge is 0.493 e. The third kappa shape index (κ3) is 3.77. The van der Waals surface area contributed by atoms with E-state index in [0.717, 1.165) is 16.3 Å². The molecule has 0 bridgehead atoms. The Hall–Kier alpha value is -3.31. The van der Waals surface area contributed by atoms with Gasteiger partial charge >= 0.3 is 0 Å². The summed E-state index contributed by atoms with van der Waals surface area (Å²) in [7, 11) is 4.64. The van der Waals surface area contributed by atoms with Gasteiger partial charge in [-0.15, -0.1) is 0 Å². The number of hydrogen-bond acceptors (Lipinski definition) is 7. The van der Waals surface area contributed by atoms with Gasteiger partial charge in [0.2, 0.25) is 11.7 Å². The molecule has 2 aromatic carbocycles. The molecule has 4 rings (SSSR count). The van der Waals surface area contributed by atoms with Crippen LogP contribution in [0.2, 0.25) is 0 Å². The summed E-state index contributed by atoms with van der Waals surface area (Å²) in [5.74, 6) is 1.76. The summed E-state index contributed by atoms with van der Waals surface area (Å²) < 4.78 is 16.3. The zero-order valence-electron chi connectivity index (χ0n) is 17.6. The summed E-state index contributed by atoms with van der Waals surface area (Å²) in [5.41, 5.74) is 2.43. The van der Waals surface area contributed by atoms with Gasteiger partial charge in [0.1, 0.15) is 0 Å². The molecule has 2 aromatic rings. The smallest absolute Gasteiger partial charge is 0.229 e. The molecule has 160 valence electrons. The van der Waals surface area contributed by atoms with Crippen LogP contribution in [0.4, 0.5) is 5.69 Å². The summed E-state index contributed by atoms with van der Waals surface area (Å²) in [6, 6.07) is 16.0. The van der Waals surface area contributed by atoms with E-state index in [2.05, 4.69) is 11.0 Å². The van der Waals surface area contributed by atoms with E-state index in [1.54, 1.807) is 26.2 Å². The van der Waals surface area contributed by atoms with Crippen LogP contribution < -0.4 is 19.1 Å². The highest BCUT2D eigenvalue weighted by Gasteiger charge is 2.39. The third-order valence-electron chi connectivity index (χ3n) is 5.50. The lowest BCUT2D eigenvalue weighted by molar-refractivity contribution is -0.129. The number of anilines is 1. The molecule has 0 unspecified atom stereocenters. The first-order chi connectivity index (χ1) is 15.1. The SMILES string of the molecule is COc1cc([C@H]2CC(=O)N3CN(c4ccccc4)CSC3=C2C#N)cc(OC)c1OC. The highest BCUT2D eigenvalue weighted by atomic mass is 32.2. The lowest BCUT2D eigenvalue weighted by atomic mass is 9.86. The van der Waals surface area contributed by atoms with Crippen molar-refractivity contribution in [2.45, 2.75) is 12.3 Å². The van der Waals surface area contributed by atoms with Crippen molar-refractivity contribution in [3.63, 3.8) is 0 Å². The lowest BCUT2D eigenvalue weighted by Gasteiger charge is -2.42. The first-order valence-electron chi connectivity index (χ1n) is 9.78. The predicted octanol–water partition coefficient (Wildman–Crippen LogP) is 3.93. The van der Waals surface area contributed by atoms with E-state index < -0.39 is 0 Å². The molecule has 0 N–H and O–H groups in total. The topological polar surface area (TPSA) is 75.0 Å². The number of para-hydroxylation sites is 1. The fourth-order valence-corrected chi connectivity index (χ4v) is 5.12. The Bertz CT molecular complexity index is 1040. The van der Waals surface area contributed by atoms with E-state index in [1.807, 2.05) is 42.5 Å². The summed E-state index contributed by atoms with van der Waals surface area (Å²) >= 11 is 1.51. The Balaban J connectivity index is 1.72. The Kier molecular flexibility index (Phi) is 5.96. The molecule has 1 atom stereocenters. The molecular formula is C23H23N3O4S. The first-order valence-corrected chi connectivity index (χ1v) is 10.8. The molecule has 0 aromatic heterocycles. The molecule has 0 saturated carbocycles. The zero-order chi connectivity index (χ0) is 22.0. The van der Waals surface area contributed by atoms with Crippen molar-refractivity contribution in [3.8, 4) is 23.3 Å². The van der Waals surface area contributed by atoms with Crippen LogP contribution in [0.25, 0.3) is 0 Å². The number of rotatable bonds is 5. The Labute approximate surface area is 185 Å². The van der Waals surface area contributed by atoms with Crippen molar-refractivity contribution in [1.29, 1.82) is 5.26 Å². The number of nitriles is 1. The molecule has 0 aliphatic carbocycles. The average Bonchev–Trinajstić information content (AvgIpc) is 2.83. The molecule has 8 heteroatoms. The van der Waals surface area contributed by atoms with Crippen molar-refractivity contribution in [2.24, 2.45) is 0 Å². The minimum absolute atomic E-state index is 0.0131. The molecular weight excluding hydrogens is 414 g/mol. The molecule has 1 amide bonds. The highest BCUT2D eigenvalue weighted by molar-refractivity contribution is 8.03. The van der Waals surface area contributed by atoms with E-state index in [1.165, 1.54) is 11.8 Å². The average molecular weight is 438 g/mol. The zero-order valence-corrected chi connectivity index (χ0v) is 18.4. The third-order valence-corrected chi connectivity index (χ3v) is 6.66. The van der Waals surface area contributed by atoms with Gasteiger partial charge in [-0.3, -0.25) is 9.69 Å². The number of fused-ring (bicyclic) bond motifs is 1. The summed E-state index contributed by atoms with van der Waals surface area (Å²) in [6.45, 7) is 0.429. The summed E-state index contributed by atoms with van der Waals surface area (Å²) in [4.78, 5) is 17.0. The van der Waals surface area contributed by atoms with Crippen molar-refractivity contribution in [2.75, 3.05) is 38.8 Å². The molecule has 7 nitrogen and oxygen atoms in total. The van der Waals surface area contributed by atoms with Crippen molar-refractivity contribution in [3.05, 3.63) is 58.6 Å². The van der Waals surface area contributed by atoms with Gasteiger partial charge < -0.3 is 19.1 Å². The minimum atomic E-state index is -0.367. The number of methoxy groups -OCH3 is 3. The van der Waals surface area contributed by atoms with Gasteiger partial charge in [-0.25, -0.2) is 0 Å². The number of carbonyl (C=O) groups is 1. The molecule has 2 aliphatic heterocycles. The fraction of sp³-hybridized carbons (Fsp3) is 0.304. The van der Waals surface area contributed by atoms with Gasteiger partial charge in [0, 0.05) is 18.0 Å². The van der Waals surface area contributed by atoms with Crippen LogP contribution in [-0.2, 0) is 4.79 Å². The minimum Gasteiger partial charge on any atom is -0.493 e. The Morgan fingerprint density at radius 3 is 2.32 bits per heavy atom. The number of carbonyl (C=O) groups excluding carboxylic acids is 1. The van der Waals surface area contributed by atoms with E-state index in [-0.39, 0.29) is 18.2 Å². The van der Waals surface area contributed by atoms with Crippen molar-refractivity contribution >= 4 is 23.4 Å². The van der Waals surface area contributed by atoms with Gasteiger partial charge in [0.15, 0.2) is 11.5 Å². The quantitative estimate of drug-likeness (QED) is 0.701. The van der Waals surface area contributed by atoms with Crippen LogP contribution in [0.1, 0.15) is 17.9 Å². The van der Waals surface area contributed by atoms with Crippen LogP contribution in [0.5, 0.6) is 17.2 Å². The molecule has 2 aliphatic rings. The second-order valence-electron chi connectivity index (χ2n) is 7.16. The van der Waals surface area contributed by atoms with Crippen molar-refractivity contribution in [1.82, 2.24) is 4.90 Å². The Morgan fingerprint density at radius 1 is 1.06 bits per heavy atom. The van der Waals surface area contributed by atoms with Crippen molar-refractivity contribution < 1.29 is 19.0 Å². The standard InChI is InChI=1S/C23H23N3O4S/c1-28-19-9-15(10-20(29-2)22(19)30-3)17-11-21(27)26-13-25(16-7-5-4-6-8-16)14-31-23(26)18(17)12-24/h4-10,17H,11,13-14H2,1-3H3/t17-/m1/s1. The second kappa shape index (κ2) is 8.82. The van der Waals surface area contributed by atoms with Gasteiger partial charge in [0.25, 0.3) is 0 Å². The van der Waals surface area contributed by atoms with Crippen LogP contribution in [0, 0.1) is 11.3 Å². The van der Waals surface area contributed by atoms with Gasteiger partial charge in [-0.05, 0) is 29.8 Å². The summed E-state index contributed by atoms with van der Waals surface area (Å²) in [6.07, 6.45) is 0.203. The second-order valence-corrected chi connectivity index (χ2v) is 8.09. The van der Waals surface area contributed by atoms with Crippen LogP contribution in [0.15, 0.2) is 53.1 Å². The van der Waals surface area contributed by atoms with E-state index >= 15 is 0 Å². The maximum Gasteiger partial charge on any atom is 0.229 e. The Morgan fingerprint density at radius 2 is 1.74 bits per heavy atom. The van der Waals surface area contributed by atoms with E-state index in [0.29, 0.717) is 35.4 Å². The van der Waals surface area contributed by atoms with Gasteiger partial charge in [-0.1, -0.05) is 30.0 Å². The van der Waals surface area contributed by atoms with E-state index in [4.69, 9.17) is 14.2 Å². The van der Waals surface area contributed by atoms with Crippen LogP contribution >= 0.6 is 11.8 Å². The number of ether oxygens (including phenoxy) is 3. The number of benzene rings is 2. The number of hydrogen-bond donors (Lipinski definition) is 0. The van der Waals surface area contributed by atoms with Crippen LogP contribution in [0.3, 0.4) is 0 Å². The molecule has 1 saturated heterocycles. The lowest BCUT2D eigenvalue weighted by Crippen LogP contribution is -2.47. The number of amides is 1. The predicted molar refractivity (Wildman–Crippen MR) is 119 cm³/mol. The monoisotopic (exact) mass is 437 g/mol. The summed E-state index contributed by atoms with van der Waals surface area (Å²) in [5, 5.41) is 10.8. The number of thioether (sulfide) groups is 1. The molecule has 0 spiro atoms. The maximum absolute atomic E-state index is 13.1. The van der Waals surface area contributed by atoms with Crippen LogP contribution in [-0.4, -0.2) is 44.7 Å². The number of allylic oxidation sites excluding steroid dienone is 1. The highest BCUT2D eigenvalue weighted by Crippen LogP contribution is 2.47. The van der Waals surface area contributed by atoms with Gasteiger partial charge in [-0.2, -0.15) is 5.26 Å². The molecule has 31 heavy (non-hydrogen) atoms. The fourth-order valence-electron chi connectivity index (χ4n) is 3.95. The first kappa shape index (κ1) is 20.9.